The van der Waals surface area contributed by atoms with Gasteiger partial charge in [-0.05, 0) is 123 Å². The first-order valence-electron chi connectivity index (χ1n) is 14.4. The molecule has 0 nitrogen and oxygen atoms in total. The molecule has 0 unspecified atom stereocenters. The molecule has 2 aromatic rings. The van der Waals surface area contributed by atoms with Crippen molar-refractivity contribution in [2.75, 3.05) is 0 Å². The highest BCUT2D eigenvalue weighted by molar-refractivity contribution is 5.32. The topological polar surface area (TPSA) is 0 Å². The number of hydrogen-bond donors (Lipinski definition) is 0. The minimum atomic E-state index is -0.696. The molecular formula is C32H42F4. The van der Waals surface area contributed by atoms with Gasteiger partial charge in [0.2, 0.25) is 0 Å². The lowest BCUT2D eigenvalue weighted by Crippen LogP contribution is -2.17. The first-order valence-corrected chi connectivity index (χ1v) is 14.4. The summed E-state index contributed by atoms with van der Waals surface area (Å²) in [6.45, 7) is 4.24. The van der Waals surface area contributed by atoms with Crippen LogP contribution in [0.4, 0.5) is 17.6 Å². The second-order valence-corrected chi connectivity index (χ2v) is 11.4. The molecule has 4 heteroatoms. The zero-order valence-electron chi connectivity index (χ0n) is 22.0. The summed E-state index contributed by atoms with van der Waals surface area (Å²) < 4.78 is 59.2. The third-order valence-electron chi connectivity index (χ3n) is 9.16. The van der Waals surface area contributed by atoms with Crippen LogP contribution in [0, 0.1) is 35.1 Å². The molecule has 4 rings (SSSR count). The zero-order chi connectivity index (χ0) is 25.7. The maximum absolute atomic E-state index is 15.2. The predicted octanol–water partition coefficient (Wildman–Crippen LogP) is 10.2. The Morgan fingerprint density at radius 1 is 0.583 bits per heavy atom. The maximum Gasteiger partial charge on any atom is 0.162 e. The van der Waals surface area contributed by atoms with Crippen molar-refractivity contribution in [2.45, 2.75) is 116 Å². The van der Waals surface area contributed by atoms with Gasteiger partial charge in [0.25, 0.3) is 0 Å². The van der Waals surface area contributed by atoms with Crippen LogP contribution < -0.4 is 0 Å². The summed E-state index contributed by atoms with van der Waals surface area (Å²) in [6, 6.07) is 7.15. The molecule has 36 heavy (non-hydrogen) atoms. The van der Waals surface area contributed by atoms with Crippen LogP contribution in [0.15, 0.2) is 24.3 Å². The van der Waals surface area contributed by atoms with Gasteiger partial charge in [0.1, 0.15) is 0 Å². The molecule has 0 aliphatic heterocycles. The lowest BCUT2D eigenvalue weighted by molar-refractivity contribution is 0.300. The fourth-order valence-corrected chi connectivity index (χ4v) is 6.60. The second-order valence-electron chi connectivity index (χ2n) is 11.4. The Bertz CT molecular complexity index is 998. The van der Waals surface area contributed by atoms with Crippen LogP contribution in [0.2, 0.25) is 0 Å². The van der Waals surface area contributed by atoms with Gasteiger partial charge in [0.05, 0.1) is 0 Å². The fourth-order valence-electron chi connectivity index (χ4n) is 6.60. The molecule has 2 aromatic carbocycles. The van der Waals surface area contributed by atoms with E-state index < -0.39 is 23.3 Å². The van der Waals surface area contributed by atoms with E-state index in [2.05, 4.69) is 6.92 Å². The number of halogens is 4. The normalized spacial score (nSPS) is 24.7. The van der Waals surface area contributed by atoms with E-state index in [9.17, 15) is 8.78 Å². The molecule has 2 aliphatic rings. The zero-order valence-corrected chi connectivity index (χ0v) is 22.0. The van der Waals surface area contributed by atoms with Crippen molar-refractivity contribution >= 4 is 0 Å². The Morgan fingerprint density at radius 2 is 1.06 bits per heavy atom. The van der Waals surface area contributed by atoms with Crippen LogP contribution in [0.3, 0.4) is 0 Å². The molecule has 0 atom stereocenters. The summed E-state index contributed by atoms with van der Waals surface area (Å²) in [7, 11) is 0. The molecule has 2 fully saturated rings. The smallest absolute Gasteiger partial charge is 0.162 e. The average Bonchev–Trinajstić information content (AvgIpc) is 2.91. The highest BCUT2D eigenvalue weighted by Crippen LogP contribution is 2.42. The van der Waals surface area contributed by atoms with Crippen LogP contribution in [0.5, 0.6) is 0 Å². The highest BCUT2D eigenvalue weighted by Gasteiger charge is 2.29. The Labute approximate surface area is 214 Å². The molecule has 0 saturated heterocycles. The van der Waals surface area contributed by atoms with Crippen LogP contribution in [-0.2, 0) is 12.8 Å². The molecule has 0 N–H and O–H groups in total. The summed E-state index contributed by atoms with van der Waals surface area (Å²) >= 11 is 0. The van der Waals surface area contributed by atoms with Crippen molar-refractivity contribution in [3.63, 3.8) is 0 Å². The van der Waals surface area contributed by atoms with E-state index in [0.717, 1.165) is 76.5 Å². The summed E-state index contributed by atoms with van der Waals surface area (Å²) in [5.41, 5.74) is 2.00. The Hall–Kier alpha value is -1.84. The first-order chi connectivity index (χ1) is 17.4. The summed E-state index contributed by atoms with van der Waals surface area (Å²) in [4.78, 5) is 0. The van der Waals surface area contributed by atoms with Crippen LogP contribution in [0.1, 0.15) is 125 Å². The molecule has 0 heterocycles. The van der Waals surface area contributed by atoms with Gasteiger partial charge in [-0.1, -0.05) is 51.0 Å². The molecule has 2 aliphatic carbocycles. The molecule has 2 saturated carbocycles. The monoisotopic (exact) mass is 502 g/mol. The molecule has 0 amide bonds. The maximum atomic E-state index is 15.2. The molecule has 0 aromatic heterocycles. The lowest BCUT2D eigenvalue weighted by Gasteiger charge is -2.31. The van der Waals surface area contributed by atoms with Crippen molar-refractivity contribution in [2.24, 2.45) is 11.8 Å². The van der Waals surface area contributed by atoms with E-state index >= 15 is 8.78 Å². The van der Waals surface area contributed by atoms with E-state index in [1.165, 1.54) is 6.42 Å². The largest absolute Gasteiger partial charge is 0.203 e. The standard InChI is InChI=1S/C32H42F4/c1-3-5-6-25-17-18-26(30(34)29(25)33)16-11-22-9-14-24(15-10-22)28-20-19-27(31(35)32(28)36)23-12-7-21(4-2)8-13-23/h17-24H,3-16H2,1-2H3. The van der Waals surface area contributed by atoms with Crippen molar-refractivity contribution in [1.82, 2.24) is 0 Å². The Balaban J connectivity index is 1.31. The minimum absolute atomic E-state index is 0.0349. The SMILES string of the molecule is CCCCc1ccc(CCC2CCC(c3ccc(C4CCC(CC)CC4)c(F)c3F)CC2)c(F)c1F. The number of benzene rings is 2. The molecule has 198 valence electrons. The van der Waals surface area contributed by atoms with Crippen molar-refractivity contribution in [1.29, 1.82) is 0 Å². The number of hydrogen-bond acceptors (Lipinski definition) is 0. The van der Waals surface area contributed by atoms with Gasteiger partial charge in [0, 0.05) is 0 Å². The van der Waals surface area contributed by atoms with Gasteiger partial charge in [0.15, 0.2) is 23.3 Å². The Morgan fingerprint density at radius 3 is 1.53 bits per heavy atom. The average molecular weight is 503 g/mol. The second kappa shape index (κ2) is 12.6. The molecular weight excluding hydrogens is 460 g/mol. The van der Waals surface area contributed by atoms with E-state index in [-0.39, 0.29) is 11.8 Å². The lowest BCUT2D eigenvalue weighted by atomic mass is 9.75. The van der Waals surface area contributed by atoms with Crippen LogP contribution in [-0.4, -0.2) is 0 Å². The molecule has 0 bridgehead atoms. The van der Waals surface area contributed by atoms with Gasteiger partial charge in [-0.3, -0.25) is 0 Å². The summed E-state index contributed by atoms with van der Waals surface area (Å²) in [5.74, 6) is -1.36. The van der Waals surface area contributed by atoms with Crippen LogP contribution >= 0.6 is 0 Å². The van der Waals surface area contributed by atoms with E-state index in [4.69, 9.17) is 0 Å². The van der Waals surface area contributed by atoms with Gasteiger partial charge in [-0.15, -0.1) is 0 Å². The third kappa shape index (κ3) is 6.17. The van der Waals surface area contributed by atoms with E-state index in [1.54, 1.807) is 12.1 Å². The minimum Gasteiger partial charge on any atom is -0.203 e. The predicted molar refractivity (Wildman–Crippen MR) is 139 cm³/mol. The quantitative estimate of drug-likeness (QED) is 0.299. The molecule has 0 spiro atoms. The summed E-state index contributed by atoms with van der Waals surface area (Å²) in [5, 5.41) is 0. The van der Waals surface area contributed by atoms with E-state index in [1.807, 2.05) is 19.1 Å². The van der Waals surface area contributed by atoms with Gasteiger partial charge >= 0.3 is 0 Å². The Kier molecular flexibility index (Phi) is 9.52. The number of unbranched alkanes of at least 4 members (excludes halogenated alkanes) is 1. The van der Waals surface area contributed by atoms with Gasteiger partial charge in [-0.2, -0.15) is 0 Å². The van der Waals surface area contributed by atoms with Crippen molar-refractivity contribution in [3.05, 3.63) is 69.8 Å². The third-order valence-corrected chi connectivity index (χ3v) is 9.16. The van der Waals surface area contributed by atoms with E-state index in [0.29, 0.717) is 41.0 Å². The summed E-state index contributed by atoms with van der Waals surface area (Å²) in [6.07, 6.45) is 12.4. The van der Waals surface area contributed by atoms with Gasteiger partial charge < -0.3 is 0 Å². The van der Waals surface area contributed by atoms with Crippen molar-refractivity contribution < 1.29 is 17.6 Å². The molecule has 0 radical (unpaired) electrons. The number of aryl methyl sites for hydroxylation is 2. The van der Waals surface area contributed by atoms with Gasteiger partial charge in [-0.25, -0.2) is 17.6 Å². The van der Waals surface area contributed by atoms with Crippen LogP contribution in [0.25, 0.3) is 0 Å². The van der Waals surface area contributed by atoms with Crippen molar-refractivity contribution in [3.8, 4) is 0 Å². The fraction of sp³-hybridized carbons (Fsp3) is 0.625. The first kappa shape index (κ1) is 27.2. The highest BCUT2D eigenvalue weighted by atomic mass is 19.2. The number of rotatable bonds is 9.